The predicted octanol–water partition coefficient (Wildman–Crippen LogP) is 3.99. The molecule has 0 aliphatic carbocycles. The van der Waals surface area contributed by atoms with E-state index in [0.29, 0.717) is 24.7 Å². The average Bonchev–Trinajstić information content (AvgIpc) is 2.56. The van der Waals surface area contributed by atoms with Crippen molar-refractivity contribution in [3.63, 3.8) is 0 Å². The van der Waals surface area contributed by atoms with Gasteiger partial charge < -0.3 is 14.8 Å². The minimum atomic E-state index is -1.16. The van der Waals surface area contributed by atoms with Gasteiger partial charge in [-0.05, 0) is 36.8 Å². The minimum absolute atomic E-state index is 0.337. The molecule has 0 spiro atoms. The van der Waals surface area contributed by atoms with Gasteiger partial charge in [0, 0.05) is 4.47 Å². The first-order valence-electron chi connectivity index (χ1n) is 7.31. The van der Waals surface area contributed by atoms with Crippen LogP contribution in [0.1, 0.15) is 28.9 Å². The molecule has 1 aliphatic rings. The van der Waals surface area contributed by atoms with E-state index in [-0.39, 0.29) is 5.56 Å². The van der Waals surface area contributed by atoms with Crippen molar-refractivity contribution in [3.05, 3.63) is 57.6 Å². The second-order valence-electron chi connectivity index (χ2n) is 5.31. The summed E-state index contributed by atoms with van der Waals surface area (Å²) in [4.78, 5) is 12.2. The lowest BCUT2D eigenvalue weighted by atomic mass is 10.1. The summed E-state index contributed by atoms with van der Waals surface area (Å²) in [5, 5.41) is 2.66. The quantitative estimate of drug-likeness (QED) is 0.851. The summed E-state index contributed by atoms with van der Waals surface area (Å²) < 4.78 is 38.7. The maximum atomic E-state index is 13.7. The standard InChI is InChI=1S/C17H14BrF2NO3/c1-9(21-17(22)10-3-2-4-13(19)16(10)20)11-7-14-15(8-12(11)18)24-6-5-23-14/h2-4,7-9H,5-6H2,1H3,(H,21,22). The first-order valence-corrected chi connectivity index (χ1v) is 8.10. The summed E-state index contributed by atoms with van der Waals surface area (Å²) in [7, 11) is 0. The van der Waals surface area contributed by atoms with Crippen molar-refractivity contribution >= 4 is 21.8 Å². The van der Waals surface area contributed by atoms with Gasteiger partial charge in [-0.15, -0.1) is 0 Å². The van der Waals surface area contributed by atoms with Crippen molar-refractivity contribution in [2.45, 2.75) is 13.0 Å². The Labute approximate surface area is 145 Å². The third kappa shape index (κ3) is 3.21. The van der Waals surface area contributed by atoms with Crippen molar-refractivity contribution in [1.82, 2.24) is 5.32 Å². The topological polar surface area (TPSA) is 47.6 Å². The molecule has 0 saturated heterocycles. The normalized spacial score (nSPS) is 14.2. The Hall–Kier alpha value is -2.15. The van der Waals surface area contributed by atoms with Gasteiger partial charge in [0.1, 0.15) is 13.2 Å². The van der Waals surface area contributed by atoms with Crippen LogP contribution in [0, 0.1) is 11.6 Å². The van der Waals surface area contributed by atoms with Gasteiger partial charge >= 0.3 is 0 Å². The van der Waals surface area contributed by atoms with Gasteiger partial charge in [-0.2, -0.15) is 0 Å². The number of halogens is 3. The van der Waals surface area contributed by atoms with Crippen molar-refractivity contribution in [2.24, 2.45) is 0 Å². The highest BCUT2D eigenvalue weighted by Gasteiger charge is 2.21. The third-order valence-corrected chi connectivity index (χ3v) is 4.36. The van der Waals surface area contributed by atoms with Gasteiger partial charge in [0.15, 0.2) is 23.1 Å². The van der Waals surface area contributed by atoms with Gasteiger partial charge in [0.2, 0.25) is 0 Å². The smallest absolute Gasteiger partial charge is 0.254 e. The summed E-state index contributed by atoms with van der Waals surface area (Å²) in [5.41, 5.74) is 0.403. The Morgan fingerprint density at radius 2 is 1.88 bits per heavy atom. The van der Waals surface area contributed by atoms with Crippen LogP contribution in [-0.4, -0.2) is 19.1 Å². The van der Waals surface area contributed by atoms with E-state index in [1.807, 2.05) is 0 Å². The number of fused-ring (bicyclic) bond motifs is 1. The molecule has 0 saturated carbocycles. The molecule has 0 bridgehead atoms. The number of nitrogens with one attached hydrogen (secondary N) is 1. The Morgan fingerprint density at radius 1 is 1.21 bits per heavy atom. The zero-order valence-corrected chi connectivity index (χ0v) is 14.3. The maximum Gasteiger partial charge on any atom is 0.254 e. The summed E-state index contributed by atoms with van der Waals surface area (Å²) in [6.45, 7) is 2.67. The molecule has 1 amide bonds. The molecule has 4 nitrogen and oxygen atoms in total. The largest absolute Gasteiger partial charge is 0.486 e. The van der Waals surface area contributed by atoms with Gasteiger partial charge in [0.05, 0.1) is 11.6 Å². The van der Waals surface area contributed by atoms with Crippen LogP contribution in [0.15, 0.2) is 34.8 Å². The highest BCUT2D eigenvalue weighted by molar-refractivity contribution is 9.10. The van der Waals surface area contributed by atoms with E-state index in [9.17, 15) is 13.6 Å². The average molecular weight is 398 g/mol. The second kappa shape index (κ2) is 6.76. The van der Waals surface area contributed by atoms with Gasteiger partial charge in [-0.1, -0.05) is 22.0 Å². The zero-order valence-electron chi connectivity index (χ0n) is 12.7. The lowest BCUT2D eigenvalue weighted by Crippen LogP contribution is -2.28. The molecule has 0 fully saturated rings. The number of benzene rings is 2. The molecule has 7 heteroatoms. The molecule has 1 aliphatic heterocycles. The van der Waals surface area contributed by atoms with Crippen LogP contribution < -0.4 is 14.8 Å². The molecular weight excluding hydrogens is 384 g/mol. The Bertz CT molecular complexity index is 798. The Kier molecular flexibility index (Phi) is 4.71. The first-order chi connectivity index (χ1) is 11.5. The Balaban J connectivity index is 1.83. The van der Waals surface area contributed by atoms with Gasteiger partial charge in [0.25, 0.3) is 5.91 Å². The minimum Gasteiger partial charge on any atom is -0.486 e. The number of amides is 1. The monoisotopic (exact) mass is 397 g/mol. The lowest BCUT2D eigenvalue weighted by molar-refractivity contribution is 0.0934. The number of hydrogen-bond acceptors (Lipinski definition) is 3. The number of carbonyl (C=O) groups excluding carboxylic acids is 1. The van der Waals surface area contributed by atoms with Crippen molar-refractivity contribution in [3.8, 4) is 11.5 Å². The molecule has 1 N–H and O–H groups in total. The molecule has 126 valence electrons. The lowest BCUT2D eigenvalue weighted by Gasteiger charge is -2.22. The predicted molar refractivity (Wildman–Crippen MR) is 87.4 cm³/mol. The number of rotatable bonds is 3. The van der Waals surface area contributed by atoms with Crippen LogP contribution in [0.2, 0.25) is 0 Å². The number of hydrogen-bond donors (Lipinski definition) is 1. The van der Waals surface area contributed by atoms with Crippen LogP contribution in [0.5, 0.6) is 11.5 Å². The summed E-state index contributed by atoms with van der Waals surface area (Å²) in [5.74, 6) is -1.72. The second-order valence-corrected chi connectivity index (χ2v) is 6.17. The molecule has 1 unspecified atom stereocenters. The fraction of sp³-hybridized carbons (Fsp3) is 0.235. The summed E-state index contributed by atoms with van der Waals surface area (Å²) in [6.07, 6.45) is 0. The zero-order chi connectivity index (χ0) is 17.3. The fourth-order valence-corrected chi connectivity index (χ4v) is 3.11. The molecule has 2 aromatic rings. The molecule has 0 radical (unpaired) electrons. The van der Waals surface area contributed by atoms with Gasteiger partial charge in [-0.25, -0.2) is 8.78 Å². The highest BCUT2D eigenvalue weighted by Crippen LogP contribution is 2.37. The third-order valence-electron chi connectivity index (χ3n) is 3.67. The number of ether oxygens (including phenoxy) is 2. The molecule has 1 atom stereocenters. The highest BCUT2D eigenvalue weighted by atomic mass is 79.9. The summed E-state index contributed by atoms with van der Waals surface area (Å²) in [6, 6.07) is 6.55. The Morgan fingerprint density at radius 3 is 2.58 bits per heavy atom. The van der Waals surface area contributed by atoms with Crippen LogP contribution in [-0.2, 0) is 0 Å². The van der Waals surface area contributed by atoms with Gasteiger partial charge in [-0.3, -0.25) is 4.79 Å². The van der Waals surface area contributed by atoms with Crippen molar-refractivity contribution in [1.29, 1.82) is 0 Å². The molecule has 3 rings (SSSR count). The van der Waals surface area contributed by atoms with Crippen LogP contribution in [0.3, 0.4) is 0 Å². The maximum absolute atomic E-state index is 13.7. The van der Waals surface area contributed by atoms with E-state index < -0.39 is 23.6 Å². The molecule has 24 heavy (non-hydrogen) atoms. The first kappa shape index (κ1) is 16.7. The van der Waals surface area contributed by atoms with Crippen molar-refractivity contribution in [2.75, 3.05) is 13.2 Å². The van der Waals surface area contributed by atoms with E-state index in [1.54, 1.807) is 19.1 Å². The fourth-order valence-electron chi connectivity index (χ4n) is 2.44. The summed E-state index contributed by atoms with van der Waals surface area (Å²) >= 11 is 3.43. The van der Waals surface area contributed by atoms with E-state index in [0.717, 1.165) is 16.1 Å². The molecule has 2 aromatic carbocycles. The van der Waals surface area contributed by atoms with E-state index in [4.69, 9.17) is 9.47 Å². The molecule has 0 aromatic heterocycles. The SMILES string of the molecule is CC(NC(=O)c1cccc(F)c1F)c1cc2c(cc1Br)OCCO2. The van der Waals surface area contributed by atoms with Crippen molar-refractivity contribution < 1.29 is 23.0 Å². The van der Waals surface area contributed by atoms with Crippen LogP contribution in [0.4, 0.5) is 8.78 Å². The van der Waals surface area contributed by atoms with E-state index >= 15 is 0 Å². The number of carbonyl (C=O) groups is 1. The van der Waals surface area contributed by atoms with E-state index in [1.165, 1.54) is 12.1 Å². The molecular formula is C17H14BrF2NO3. The molecule has 1 heterocycles. The van der Waals surface area contributed by atoms with Crippen LogP contribution in [0.25, 0.3) is 0 Å². The van der Waals surface area contributed by atoms with E-state index in [2.05, 4.69) is 21.2 Å². The van der Waals surface area contributed by atoms with Crippen LogP contribution >= 0.6 is 15.9 Å².